The predicted octanol–water partition coefficient (Wildman–Crippen LogP) is 2.57. The predicted molar refractivity (Wildman–Crippen MR) is 93.5 cm³/mol. The number of carbonyl (C=O) groups is 1. The van der Waals surface area contributed by atoms with Gasteiger partial charge in [-0.2, -0.15) is 0 Å². The first-order chi connectivity index (χ1) is 11.3. The third-order valence-electron chi connectivity index (χ3n) is 3.41. The number of hydrogen-bond acceptors (Lipinski definition) is 5. The number of benzene rings is 1. The molecule has 2 rings (SSSR count). The van der Waals surface area contributed by atoms with Gasteiger partial charge in [0.1, 0.15) is 5.82 Å². The molecule has 0 saturated carbocycles. The van der Waals surface area contributed by atoms with Gasteiger partial charge in [-0.1, -0.05) is 32.0 Å². The number of carbonyl (C=O) groups excluding carboxylic acids is 1. The van der Waals surface area contributed by atoms with Crippen LogP contribution in [0.15, 0.2) is 47.4 Å². The summed E-state index contributed by atoms with van der Waals surface area (Å²) in [5.74, 6) is 0.176. The Labute approximate surface area is 142 Å². The van der Waals surface area contributed by atoms with Gasteiger partial charge in [-0.3, -0.25) is 4.79 Å². The van der Waals surface area contributed by atoms with Crippen LogP contribution in [0.25, 0.3) is 11.3 Å². The van der Waals surface area contributed by atoms with Crippen molar-refractivity contribution in [2.24, 2.45) is 5.92 Å². The summed E-state index contributed by atoms with van der Waals surface area (Å²) in [4.78, 5) is 16.0. The first-order valence-corrected chi connectivity index (χ1v) is 9.15. The van der Waals surface area contributed by atoms with Crippen molar-refractivity contribution in [2.75, 3.05) is 5.73 Å². The Morgan fingerprint density at radius 1 is 1.21 bits per heavy atom. The normalized spacial score (nSPS) is 11.5. The smallest absolute Gasteiger partial charge is 0.264 e. The lowest BCUT2D eigenvalue weighted by Crippen LogP contribution is -2.30. The maximum Gasteiger partial charge on any atom is 0.264 e. The molecule has 6 nitrogen and oxygen atoms in total. The van der Waals surface area contributed by atoms with Crippen molar-refractivity contribution in [1.29, 1.82) is 0 Å². The van der Waals surface area contributed by atoms with E-state index in [4.69, 9.17) is 5.73 Å². The van der Waals surface area contributed by atoms with Gasteiger partial charge in [0, 0.05) is 12.0 Å². The Balaban J connectivity index is 2.22. The molecule has 0 fully saturated rings. The van der Waals surface area contributed by atoms with E-state index in [-0.39, 0.29) is 11.3 Å². The number of rotatable bonds is 6. The maximum absolute atomic E-state index is 12.4. The second kappa shape index (κ2) is 7.44. The number of aromatic nitrogens is 1. The third-order valence-corrected chi connectivity index (χ3v) is 4.78. The number of amides is 1. The molecule has 1 heterocycles. The highest BCUT2D eigenvalue weighted by Crippen LogP contribution is 2.21. The molecule has 0 unspecified atom stereocenters. The standard InChI is InChI=1S/C17H21N3O3S/c1-12(2)9-10-17(21)20-24(22,23)14-6-3-5-13(11-14)15-7-4-8-16(18)19-15/h3-8,11-12H,9-10H2,1-2H3,(H2,18,19)(H,20,21). The van der Waals surface area contributed by atoms with Crippen LogP contribution in [0.1, 0.15) is 26.7 Å². The van der Waals surface area contributed by atoms with E-state index in [1.165, 1.54) is 12.1 Å². The number of nitrogen functional groups attached to an aromatic ring is 1. The van der Waals surface area contributed by atoms with Crippen LogP contribution in [-0.4, -0.2) is 19.3 Å². The fourth-order valence-electron chi connectivity index (χ4n) is 2.11. The summed E-state index contributed by atoms with van der Waals surface area (Å²) in [6, 6.07) is 11.4. The number of hydrogen-bond donors (Lipinski definition) is 2. The highest BCUT2D eigenvalue weighted by molar-refractivity contribution is 7.90. The molecule has 24 heavy (non-hydrogen) atoms. The van der Waals surface area contributed by atoms with Gasteiger partial charge in [0.05, 0.1) is 10.6 Å². The zero-order valence-electron chi connectivity index (χ0n) is 13.7. The summed E-state index contributed by atoms with van der Waals surface area (Å²) in [6.45, 7) is 3.95. The fraction of sp³-hybridized carbons (Fsp3) is 0.294. The third kappa shape index (κ3) is 4.79. The van der Waals surface area contributed by atoms with Gasteiger partial charge in [0.15, 0.2) is 0 Å². The molecule has 0 spiro atoms. The quantitative estimate of drug-likeness (QED) is 0.836. The summed E-state index contributed by atoms with van der Waals surface area (Å²) >= 11 is 0. The first kappa shape index (κ1) is 17.9. The highest BCUT2D eigenvalue weighted by Gasteiger charge is 2.18. The van der Waals surface area contributed by atoms with E-state index >= 15 is 0 Å². The van der Waals surface area contributed by atoms with Crippen molar-refractivity contribution in [3.8, 4) is 11.3 Å². The molecule has 1 aromatic carbocycles. The lowest BCUT2D eigenvalue weighted by Gasteiger charge is -2.09. The first-order valence-electron chi connectivity index (χ1n) is 7.66. The topological polar surface area (TPSA) is 102 Å². The number of nitrogens with zero attached hydrogens (tertiary/aromatic N) is 1. The summed E-state index contributed by atoms with van der Waals surface area (Å²) in [5, 5.41) is 0. The molecule has 3 N–H and O–H groups in total. The van der Waals surface area contributed by atoms with Crippen LogP contribution >= 0.6 is 0 Å². The van der Waals surface area contributed by atoms with Gasteiger partial charge in [-0.25, -0.2) is 18.1 Å². The van der Waals surface area contributed by atoms with Crippen LogP contribution in [0, 0.1) is 5.92 Å². The lowest BCUT2D eigenvalue weighted by molar-refractivity contribution is -0.119. The molecular weight excluding hydrogens is 326 g/mol. The Kier molecular flexibility index (Phi) is 5.56. The Morgan fingerprint density at radius 3 is 2.58 bits per heavy atom. The van der Waals surface area contributed by atoms with Crippen molar-refractivity contribution in [1.82, 2.24) is 9.71 Å². The van der Waals surface area contributed by atoms with Crippen molar-refractivity contribution in [3.05, 3.63) is 42.5 Å². The Morgan fingerprint density at radius 2 is 1.92 bits per heavy atom. The molecule has 7 heteroatoms. The minimum atomic E-state index is -3.91. The molecule has 1 aromatic heterocycles. The Bertz CT molecular complexity index is 832. The van der Waals surface area contributed by atoms with Crippen LogP contribution < -0.4 is 10.5 Å². The zero-order valence-corrected chi connectivity index (χ0v) is 14.5. The number of pyridine rings is 1. The molecule has 2 aromatic rings. The van der Waals surface area contributed by atoms with E-state index in [0.29, 0.717) is 29.4 Å². The van der Waals surface area contributed by atoms with Crippen LogP contribution in [0.3, 0.4) is 0 Å². The number of nitrogens with one attached hydrogen (secondary N) is 1. The van der Waals surface area contributed by atoms with Crippen molar-refractivity contribution >= 4 is 21.7 Å². The van der Waals surface area contributed by atoms with E-state index in [2.05, 4.69) is 9.71 Å². The average Bonchev–Trinajstić information content (AvgIpc) is 2.53. The number of anilines is 1. The van der Waals surface area contributed by atoms with Crippen LogP contribution in [0.5, 0.6) is 0 Å². The van der Waals surface area contributed by atoms with Gasteiger partial charge in [-0.15, -0.1) is 0 Å². The lowest BCUT2D eigenvalue weighted by atomic mass is 10.1. The zero-order chi connectivity index (χ0) is 17.7. The van der Waals surface area contributed by atoms with Crippen LogP contribution in [0.4, 0.5) is 5.82 Å². The number of nitrogens with two attached hydrogens (primary N) is 1. The molecule has 128 valence electrons. The van der Waals surface area contributed by atoms with Gasteiger partial charge < -0.3 is 5.73 Å². The van der Waals surface area contributed by atoms with Crippen LogP contribution in [-0.2, 0) is 14.8 Å². The highest BCUT2D eigenvalue weighted by atomic mass is 32.2. The molecule has 0 bridgehead atoms. The molecular formula is C17H21N3O3S. The van der Waals surface area contributed by atoms with Gasteiger partial charge in [-0.05, 0) is 36.6 Å². The monoisotopic (exact) mass is 347 g/mol. The minimum Gasteiger partial charge on any atom is -0.384 e. The maximum atomic E-state index is 12.4. The van der Waals surface area contributed by atoms with Crippen molar-refractivity contribution in [2.45, 2.75) is 31.6 Å². The van der Waals surface area contributed by atoms with Gasteiger partial charge in [0.25, 0.3) is 10.0 Å². The SMILES string of the molecule is CC(C)CCC(=O)NS(=O)(=O)c1cccc(-c2cccc(N)n2)c1. The fourth-order valence-corrected chi connectivity index (χ4v) is 3.17. The van der Waals surface area contributed by atoms with E-state index in [0.717, 1.165) is 0 Å². The minimum absolute atomic E-state index is 0.0159. The van der Waals surface area contributed by atoms with Crippen molar-refractivity contribution in [3.63, 3.8) is 0 Å². The van der Waals surface area contributed by atoms with Crippen LogP contribution in [0.2, 0.25) is 0 Å². The summed E-state index contributed by atoms with van der Waals surface area (Å²) in [7, 11) is -3.91. The van der Waals surface area contributed by atoms with E-state index in [1.807, 2.05) is 13.8 Å². The average molecular weight is 347 g/mol. The van der Waals surface area contributed by atoms with Gasteiger partial charge >= 0.3 is 0 Å². The second-order valence-corrected chi connectivity index (χ2v) is 7.62. The summed E-state index contributed by atoms with van der Waals surface area (Å²) in [5.41, 5.74) is 6.84. The molecule has 0 aliphatic heterocycles. The molecule has 0 aliphatic carbocycles. The Hall–Kier alpha value is -2.41. The van der Waals surface area contributed by atoms with E-state index in [1.54, 1.807) is 30.3 Å². The largest absolute Gasteiger partial charge is 0.384 e. The van der Waals surface area contributed by atoms with E-state index < -0.39 is 15.9 Å². The molecule has 0 atom stereocenters. The van der Waals surface area contributed by atoms with Crippen molar-refractivity contribution < 1.29 is 13.2 Å². The number of sulfonamides is 1. The summed E-state index contributed by atoms with van der Waals surface area (Å²) < 4.78 is 26.8. The van der Waals surface area contributed by atoms with E-state index in [9.17, 15) is 13.2 Å². The molecule has 0 radical (unpaired) electrons. The molecule has 1 amide bonds. The molecule has 0 aliphatic rings. The molecule has 0 saturated heterocycles. The summed E-state index contributed by atoms with van der Waals surface area (Å²) in [6.07, 6.45) is 0.808. The van der Waals surface area contributed by atoms with Gasteiger partial charge in [0.2, 0.25) is 5.91 Å². The second-order valence-electron chi connectivity index (χ2n) is 5.94.